The third-order valence-corrected chi connectivity index (χ3v) is 2.39. The molecule has 0 atom stereocenters. The van der Waals surface area contributed by atoms with Gasteiger partial charge in [-0.1, -0.05) is 26.7 Å². The molecule has 0 heterocycles. The maximum absolute atomic E-state index is 9.12. The van der Waals surface area contributed by atoms with Gasteiger partial charge in [0.1, 0.15) is 5.54 Å². The minimum Gasteiger partial charge on any atom is -0.292 e. The topological polar surface area (TPSA) is 27.0 Å². The van der Waals surface area contributed by atoms with Gasteiger partial charge >= 0.3 is 0 Å². The largest absolute Gasteiger partial charge is 0.292 e. The predicted octanol–water partition coefficient (Wildman–Crippen LogP) is 2.41. The molecule has 0 bridgehead atoms. The molecule has 0 rings (SSSR count). The van der Waals surface area contributed by atoms with E-state index in [4.69, 9.17) is 5.26 Å². The van der Waals surface area contributed by atoms with Crippen LogP contribution in [0.1, 0.15) is 39.5 Å². The molecule has 0 radical (unpaired) electrons. The molecule has 0 fully saturated rings. The molecule has 2 nitrogen and oxygen atoms in total. The van der Waals surface area contributed by atoms with Crippen molar-refractivity contribution in [1.29, 1.82) is 5.26 Å². The van der Waals surface area contributed by atoms with Gasteiger partial charge in [0, 0.05) is 0 Å². The molecule has 0 aliphatic rings. The molecule has 0 aromatic carbocycles. The Kier molecular flexibility index (Phi) is 4.92. The molecule has 0 saturated heterocycles. The molecule has 0 amide bonds. The summed E-state index contributed by atoms with van der Waals surface area (Å²) in [4.78, 5) is 2.06. The van der Waals surface area contributed by atoms with Crippen molar-refractivity contribution >= 4 is 0 Å². The monoisotopic (exact) mass is 168 g/mol. The molecule has 2 heteroatoms. The third kappa shape index (κ3) is 2.49. The Morgan fingerprint density at radius 1 is 1.17 bits per heavy atom. The fourth-order valence-electron chi connectivity index (χ4n) is 1.61. The van der Waals surface area contributed by atoms with Gasteiger partial charge in [0.15, 0.2) is 0 Å². The summed E-state index contributed by atoms with van der Waals surface area (Å²) in [6.45, 7) is 4.26. The van der Waals surface area contributed by atoms with E-state index >= 15 is 0 Å². The van der Waals surface area contributed by atoms with Crippen molar-refractivity contribution in [3.05, 3.63) is 0 Å². The van der Waals surface area contributed by atoms with Crippen LogP contribution in [0.5, 0.6) is 0 Å². The van der Waals surface area contributed by atoms with Crippen molar-refractivity contribution in [3.8, 4) is 6.07 Å². The smallest absolute Gasteiger partial charge is 0.108 e. The zero-order chi connectivity index (χ0) is 9.61. The van der Waals surface area contributed by atoms with Crippen molar-refractivity contribution in [2.45, 2.75) is 45.1 Å². The molecule has 0 aromatic rings. The van der Waals surface area contributed by atoms with Crippen molar-refractivity contribution in [3.63, 3.8) is 0 Å². The van der Waals surface area contributed by atoms with Gasteiger partial charge in [0.2, 0.25) is 0 Å². The van der Waals surface area contributed by atoms with Crippen LogP contribution in [0.3, 0.4) is 0 Å². The molecule has 12 heavy (non-hydrogen) atoms. The van der Waals surface area contributed by atoms with Crippen molar-refractivity contribution in [2.75, 3.05) is 14.1 Å². The van der Waals surface area contributed by atoms with Crippen LogP contribution in [0.25, 0.3) is 0 Å². The summed E-state index contributed by atoms with van der Waals surface area (Å²) in [5.74, 6) is 0. The van der Waals surface area contributed by atoms with E-state index in [1.54, 1.807) is 0 Å². The van der Waals surface area contributed by atoms with Crippen molar-refractivity contribution < 1.29 is 0 Å². The SMILES string of the molecule is CCCC(C#N)(CCC)N(C)C. The maximum atomic E-state index is 9.12. The second-order valence-corrected chi connectivity index (χ2v) is 3.54. The number of hydrogen-bond acceptors (Lipinski definition) is 2. The van der Waals surface area contributed by atoms with Crippen LogP contribution < -0.4 is 0 Å². The minimum absolute atomic E-state index is 0.219. The first-order chi connectivity index (χ1) is 5.63. The standard InChI is InChI=1S/C10H20N2/c1-5-7-10(9-11,8-6-2)12(3)4/h5-8H2,1-4H3. The zero-order valence-electron chi connectivity index (χ0n) is 8.72. The van der Waals surface area contributed by atoms with E-state index in [0.29, 0.717) is 0 Å². The van der Waals surface area contributed by atoms with Crippen LogP contribution in [0.15, 0.2) is 0 Å². The van der Waals surface area contributed by atoms with E-state index in [-0.39, 0.29) is 5.54 Å². The van der Waals surface area contributed by atoms with E-state index in [2.05, 4.69) is 24.8 Å². The van der Waals surface area contributed by atoms with Gasteiger partial charge in [0.05, 0.1) is 6.07 Å². The highest BCUT2D eigenvalue weighted by atomic mass is 15.1. The number of nitriles is 1. The molecular weight excluding hydrogens is 148 g/mol. The van der Waals surface area contributed by atoms with Gasteiger partial charge in [-0.2, -0.15) is 5.26 Å². The summed E-state index contributed by atoms with van der Waals surface area (Å²) in [6.07, 6.45) is 4.10. The molecule has 0 saturated carbocycles. The lowest BCUT2D eigenvalue weighted by molar-refractivity contribution is 0.186. The highest BCUT2D eigenvalue weighted by Crippen LogP contribution is 2.23. The Bertz CT molecular complexity index is 150. The second-order valence-electron chi connectivity index (χ2n) is 3.54. The molecule has 0 unspecified atom stereocenters. The lowest BCUT2D eigenvalue weighted by Gasteiger charge is -2.33. The predicted molar refractivity (Wildman–Crippen MR) is 51.8 cm³/mol. The Balaban J connectivity index is 4.42. The maximum Gasteiger partial charge on any atom is 0.108 e. The fourth-order valence-corrected chi connectivity index (χ4v) is 1.61. The first kappa shape index (κ1) is 11.4. The number of hydrogen-bond donors (Lipinski definition) is 0. The zero-order valence-corrected chi connectivity index (χ0v) is 8.72. The van der Waals surface area contributed by atoms with Gasteiger partial charge in [0.25, 0.3) is 0 Å². The van der Waals surface area contributed by atoms with Crippen LogP contribution in [0, 0.1) is 11.3 Å². The Labute approximate surface area is 76.2 Å². The van der Waals surface area contributed by atoms with Crippen LogP contribution >= 0.6 is 0 Å². The normalized spacial score (nSPS) is 11.7. The van der Waals surface area contributed by atoms with Crippen LogP contribution in [0.4, 0.5) is 0 Å². The number of rotatable bonds is 5. The molecular formula is C10H20N2. The lowest BCUT2D eigenvalue weighted by Crippen LogP contribution is -2.42. The van der Waals surface area contributed by atoms with E-state index in [1.807, 2.05) is 14.1 Å². The Hall–Kier alpha value is -0.550. The Morgan fingerprint density at radius 3 is 1.75 bits per heavy atom. The fraction of sp³-hybridized carbons (Fsp3) is 0.900. The van der Waals surface area contributed by atoms with Crippen LogP contribution in [0.2, 0.25) is 0 Å². The average molecular weight is 168 g/mol. The summed E-state index contributed by atoms with van der Waals surface area (Å²) in [7, 11) is 3.99. The minimum atomic E-state index is -0.219. The molecule has 0 aromatic heterocycles. The lowest BCUT2D eigenvalue weighted by atomic mass is 9.89. The third-order valence-electron chi connectivity index (χ3n) is 2.39. The van der Waals surface area contributed by atoms with Crippen molar-refractivity contribution in [2.24, 2.45) is 0 Å². The molecule has 0 N–H and O–H groups in total. The van der Waals surface area contributed by atoms with E-state index < -0.39 is 0 Å². The second kappa shape index (κ2) is 5.16. The summed E-state index contributed by atoms with van der Waals surface area (Å²) >= 11 is 0. The van der Waals surface area contributed by atoms with E-state index in [9.17, 15) is 0 Å². The highest BCUT2D eigenvalue weighted by molar-refractivity contribution is 5.06. The highest BCUT2D eigenvalue weighted by Gasteiger charge is 2.30. The van der Waals surface area contributed by atoms with Gasteiger partial charge in [-0.3, -0.25) is 4.90 Å². The van der Waals surface area contributed by atoms with Crippen molar-refractivity contribution in [1.82, 2.24) is 4.90 Å². The van der Waals surface area contributed by atoms with E-state index in [0.717, 1.165) is 25.7 Å². The van der Waals surface area contributed by atoms with Gasteiger partial charge < -0.3 is 0 Å². The number of nitrogens with zero attached hydrogens (tertiary/aromatic N) is 2. The van der Waals surface area contributed by atoms with Gasteiger partial charge in [-0.25, -0.2) is 0 Å². The summed E-state index contributed by atoms with van der Waals surface area (Å²) in [6, 6.07) is 2.44. The van der Waals surface area contributed by atoms with Crippen LogP contribution in [-0.4, -0.2) is 24.5 Å². The van der Waals surface area contributed by atoms with Crippen LogP contribution in [-0.2, 0) is 0 Å². The van der Waals surface area contributed by atoms with E-state index in [1.165, 1.54) is 0 Å². The average Bonchev–Trinajstić information content (AvgIpc) is 2.03. The summed E-state index contributed by atoms with van der Waals surface area (Å²) < 4.78 is 0. The van der Waals surface area contributed by atoms with Gasteiger partial charge in [-0.05, 0) is 26.9 Å². The first-order valence-electron chi connectivity index (χ1n) is 4.71. The summed E-state index contributed by atoms with van der Waals surface area (Å²) in [5.41, 5.74) is -0.219. The molecule has 0 spiro atoms. The quantitative estimate of drug-likeness (QED) is 0.630. The van der Waals surface area contributed by atoms with Gasteiger partial charge in [-0.15, -0.1) is 0 Å². The molecule has 0 aliphatic carbocycles. The summed E-state index contributed by atoms with van der Waals surface area (Å²) in [5, 5.41) is 9.12. The first-order valence-corrected chi connectivity index (χ1v) is 4.71. The Morgan fingerprint density at radius 2 is 1.58 bits per heavy atom. The molecule has 0 aliphatic heterocycles. The molecule has 70 valence electrons.